The number of hydrogen-bond donors (Lipinski definition) is 3. The highest BCUT2D eigenvalue weighted by atomic mass is 32.1. The van der Waals surface area contributed by atoms with Crippen LogP contribution in [0.25, 0.3) is 0 Å². The van der Waals surface area contributed by atoms with E-state index in [4.69, 9.17) is 0 Å². The summed E-state index contributed by atoms with van der Waals surface area (Å²) in [6.45, 7) is 10.5. The Kier molecular flexibility index (Phi) is 18.1. The molecule has 0 fully saturated rings. The molecule has 1 amide bonds. The number of Topliss-reactive ketones (excluding diaryl/α,β-unsaturated/α-hetero) is 1. The van der Waals surface area contributed by atoms with Gasteiger partial charge in [-0.25, -0.2) is 0 Å². The molecule has 2 N–H and O–H groups in total. The smallest absolute Gasteiger partial charge is 0.251 e. The van der Waals surface area contributed by atoms with Gasteiger partial charge in [-0.2, -0.15) is 0 Å². The molecule has 0 aliphatic rings. The van der Waals surface area contributed by atoms with Gasteiger partial charge in [-0.05, 0) is 57.5 Å². The van der Waals surface area contributed by atoms with Crippen molar-refractivity contribution in [2.75, 3.05) is 13.6 Å². The minimum absolute atomic E-state index is 0.0740. The second-order valence-electron chi connectivity index (χ2n) is 5.46. The molecule has 0 bridgehead atoms. The first kappa shape index (κ1) is 25.9. The monoisotopic (exact) mass is 368 g/mol. The summed E-state index contributed by atoms with van der Waals surface area (Å²) in [5.41, 5.74) is 0.639. The van der Waals surface area contributed by atoms with E-state index in [1.807, 2.05) is 13.8 Å². The van der Waals surface area contributed by atoms with Crippen LogP contribution in [0.2, 0.25) is 0 Å². The molecular weight excluding hydrogens is 332 g/mol. The first-order valence-electron chi connectivity index (χ1n) is 9.21. The molecule has 144 valence electrons. The zero-order valence-corrected chi connectivity index (χ0v) is 17.6. The molecule has 5 heteroatoms. The molecule has 0 heterocycles. The molecule has 25 heavy (non-hydrogen) atoms. The third kappa shape index (κ3) is 13.6. The Morgan fingerprint density at radius 2 is 1.60 bits per heavy atom. The van der Waals surface area contributed by atoms with E-state index in [9.17, 15) is 9.59 Å². The first-order valence-corrected chi connectivity index (χ1v) is 9.65. The summed E-state index contributed by atoms with van der Waals surface area (Å²) in [6.07, 6.45) is 3.82. The predicted octanol–water partition coefficient (Wildman–Crippen LogP) is 4.49. The molecule has 0 saturated carbocycles. The van der Waals surface area contributed by atoms with Gasteiger partial charge in [0, 0.05) is 17.0 Å². The average Bonchev–Trinajstić information content (AvgIpc) is 2.60. The van der Waals surface area contributed by atoms with Gasteiger partial charge >= 0.3 is 0 Å². The Morgan fingerprint density at radius 1 is 1.08 bits per heavy atom. The summed E-state index contributed by atoms with van der Waals surface area (Å²) < 4.78 is 0. The largest absolute Gasteiger partial charge is 0.352 e. The minimum atomic E-state index is -0.0753. The van der Waals surface area contributed by atoms with Gasteiger partial charge < -0.3 is 10.6 Å². The Balaban J connectivity index is 0. The van der Waals surface area contributed by atoms with Crippen LogP contribution < -0.4 is 10.6 Å². The molecular formula is C20H36N2O2S. The standard InChI is InChI=1S/C15H22N2O2S.C3H8.C2H6/c1-11(18)14(16-2)5-3-4-10-17-15(19)12-6-8-13(20)9-7-12;1-3-2;1-2/h6-9,14,16,20H,3-5,10H2,1-2H3,(H,17,19);3H2,1-2H3;1-2H3. The van der Waals surface area contributed by atoms with E-state index < -0.39 is 0 Å². The van der Waals surface area contributed by atoms with Crippen molar-refractivity contribution in [3.63, 3.8) is 0 Å². The fourth-order valence-electron chi connectivity index (χ4n) is 1.94. The van der Waals surface area contributed by atoms with Crippen LogP contribution in [0.15, 0.2) is 29.2 Å². The van der Waals surface area contributed by atoms with Crippen molar-refractivity contribution < 1.29 is 9.59 Å². The number of ketones is 1. The number of likely N-dealkylation sites (N-methyl/N-ethyl adjacent to an activating group) is 1. The van der Waals surface area contributed by atoms with E-state index in [0.717, 1.165) is 24.2 Å². The van der Waals surface area contributed by atoms with E-state index >= 15 is 0 Å². The zero-order chi connectivity index (χ0) is 19.7. The van der Waals surface area contributed by atoms with Crippen LogP contribution >= 0.6 is 12.6 Å². The van der Waals surface area contributed by atoms with Crippen molar-refractivity contribution in [2.24, 2.45) is 0 Å². The lowest BCUT2D eigenvalue weighted by molar-refractivity contribution is -0.119. The van der Waals surface area contributed by atoms with E-state index in [-0.39, 0.29) is 17.7 Å². The molecule has 0 radical (unpaired) electrons. The highest BCUT2D eigenvalue weighted by molar-refractivity contribution is 7.80. The van der Waals surface area contributed by atoms with Crippen molar-refractivity contribution in [1.29, 1.82) is 0 Å². The summed E-state index contributed by atoms with van der Waals surface area (Å²) >= 11 is 4.18. The first-order chi connectivity index (χ1) is 12.0. The van der Waals surface area contributed by atoms with E-state index in [1.165, 1.54) is 6.42 Å². The maximum Gasteiger partial charge on any atom is 0.251 e. The molecule has 0 aliphatic heterocycles. The Labute approximate surface area is 159 Å². The molecule has 0 aromatic heterocycles. The number of carbonyl (C=O) groups excluding carboxylic acids is 2. The van der Waals surface area contributed by atoms with Crippen molar-refractivity contribution in [3.8, 4) is 0 Å². The number of rotatable bonds is 8. The van der Waals surface area contributed by atoms with Gasteiger partial charge in [-0.15, -0.1) is 12.6 Å². The van der Waals surface area contributed by atoms with E-state index in [0.29, 0.717) is 12.1 Å². The van der Waals surface area contributed by atoms with Crippen LogP contribution in [0.5, 0.6) is 0 Å². The highest BCUT2D eigenvalue weighted by Gasteiger charge is 2.10. The van der Waals surface area contributed by atoms with Gasteiger partial charge in [0.2, 0.25) is 0 Å². The SMILES string of the molecule is CC.CCC.CNC(CCCCNC(=O)c1ccc(S)cc1)C(C)=O. The van der Waals surface area contributed by atoms with Crippen LogP contribution in [0.4, 0.5) is 0 Å². The number of nitrogens with one attached hydrogen (secondary N) is 2. The molecule has 1 unspecified atom stereocenters. The zero-order valence-electron chi connectivity index (χ0n) is 16.7. The van der Waals surface area contributed by atoms with Crippen molar-refractivity contribution in [1.82, 2.24) is 10.6 Å². The van der Waals surface area contributed by atoms with E-state index in [2.05, 4.69) is 37.1 Å². The number of thiol groups is 1. The van der Waals surface area contributed by atoms with Crippen LogP contribution in [0.3, 0.4) is 0 Å². The molecule has 0 aliphatic carbocycles. The molecule has 4 nitrogen and oxygen atoms in total. The maximum absolute atomic E-state index is 11.8. The summed E-state index contributed by atoms with van der Waals surface area (Å²) in [5, 5.41) is 5.86. The summed E-state index contributed by atoms with van der Waals surface area (Å²) in [7, 11) is 1.79. The fourth-order valence-corrected chi connectivity index (χ4v) is 2.09. The normalized spacial score (nSPS) is 10.5. The third-order valence-corrected chi connectivity index (χ3v) is 3.47. The molecule has 1 aromatic carbocycles. The Bertz CT molecular complexity index is 461. The number of amides is 1. The number of carbonyl (C=O) groups is 2. The second-order valence-corrected chi connectivity index (χ2v) is 5.97. The molecule has 1 rings (SSSR count). The lowest BCUT2D eigenvalue weighted by Crippen LogP contribution is -2.32. The summed E-state index contributed by atoms with van der Waals surface area (Å²) in [5.74, 6) is 0.0819. The summed E-state index contributed by atoms with van der Waals surface area (Å²) in [4.78, 5) is 23.9. The molecule has 0 saturated heterocycles. The van der Waals surface area contributed by atoms with Gasteiger partial charge in [-0.3, -0.25) is 9.59 Å². The molecule has 1 aromatic rings. The number of benzene rings is 1. The van der Waals surface area contributed by atoms with Crippen LogP contribution in [-0.4, -0.2) is 31.3 Å². The summed E-state index contributed by atoms with van der Waals surface area (Å²) in [6, 6.07) is 7.02. The highest BCUT2D eigenvalue weighted by Crippen LogP contribution is 2.07. The predicted molar refractivity (Wildman–Crippen MR) is 111 cm³/mol. The van der Waals surface area contributed by atoms with Crippen molar-refractivity contribution >= 4 is 24.3 Å². The van der Waals surface area contributed by atoms with Gasteiger partial charge in [0.25, 0.3) is 5.91 Å². The quantitative estimate of drug-likeness (QED) is 0.468. The average molecular weight is 369 g/mol. The van der Waals surface area contributed by atoms with Crippen LogP contribution in [0.1, 0.15) is 70.7 Å². The van der Waals surface area contributed by atoms with Gasteiger partial charge in [0.1, 0.15) is 5.78 Å². The van der Waals surface area contributed by atoms with E-state index in [1.54, 1.807) is 38.2 Å². The van der Waals surface area contributed by atoms with Crippen LogP contribution in [0, 0.1) is 0 Å². The number of unbranched alkanes of at least 4 members (excludes halogenated alkanes) is 1. The maximum atomic E-state index is 11.8. The molecule has 0 spiro atoms. The topological polar surface area (TPSA) is 58.2 Å². The lowest BCUT2D eigenvalue weighted by atomic mass is 10.1. The van der Waals surface area contributed by atoms with Gasteiger partial charge in [0.05, 0.1) is 6.04 Å². The Hall–Kier alpha value is -1.33. The second kappa shape index (κ2) is 17.5. The third-order valence-electron chi connectivity index (χ3n) is 3.17. The van der Waals surface area contributed by atoms with Crippen LogP contribution in [-0.2, 0) is 4.79 Å². The minimum Gasteiger partial charge on any atom is -0.352 e. The van der Waals surface area contributed by atoms with Crippen molar-refractivity contribution in [2.45, 2.75) is 71.2 Å². The van der Waals surface area contributed by atoms with Gasteiger partial charge in [-0.1, -0.05) is 34.1 Å². The fraction of sp³-hybridized carbons (Fsp3) is 0.600. The molecule has 1 atom stereocenters. The lowest BCUT2D eigenvalue weighted by Gasteiger charge is -2.12. The van der Waals surface area contributed by atoms with Crippen molar-refractivity contribution in [3.05, 3.63) is 29.8 Å². The number of hydrogen-bond acceptors (Lipinski definition) is 4. The Morgan fingerprint density at radius 3 is 2.04 bits per heavy atom. The van der Waals surface area contributed by atoms with Gasteiger partial charge in [0.15, 0.2) is 0 Å².